The van der Waals surface area contributed by atoms with Crippen LogP contribution in [-0.2, 0) is 16.0 Å². The number of thioether (sulfide) groups is 1. The van der Waals surface area contributed by atoms with Gasteiger partial charge in [-0.3, -0.25) is 19.3 Å². The van der Waals surface area contributed by atoms with Gasteiger partial charge in [-0.15, -0.1) is 11.8 Å². The van der Waals surface area contributed by atoms with Gasteiger partial charge in [0.2, 0.25) is 17.7 Å². The molecule has 0 aliphatic carbocycles. The zero-order valence-corrected chi connectivity index (χ0v) is 26.5. The molecular formula is C37H35N3O5S. The van der Waals surface area contributed by atoms with Crippen molar-refractivity contribution in [3.05, 3.63) is 125 Å². The molecule has 3 N–H and O–H groups in total. The van der Waals surface area contributed by atoms with E-state index < -0.39 is 16.5 Å². The first kappa shape index (κ1) is 32.2. The number of hydrogen-bond donors (Lipinski definition) is 2. The van der Waals surface area contributed by atoms with E-state index >= 15 is 0 Å². The number of nitrogens with zero attached hydrogens (tertiary/aromatic N) is 1. The maximum absolute atomic E-state index is 13.8. The van der Waals surface area contributed by atoms with E-state index in [0.29, 0.717) is 42.3 Å². The molecule has 1 heterocycles. The van der Waals surface area contributed by atoms with Gasteiger partial charge in [0.05, 0.1) is 19.0 Å². The lowest BCUT2D eigenvalue weighted by Gasteiger charge is -2.24. The predicted molar refractivity (Wildman–Crippen MR) is 181 cm³/mol. The van der Waals surface area contributed by atoms with Crippen LogP contribution in [0.15, 0.2) is 97.1 Å². The number of methoxy groups -OCH3 is 1. The van der Waals surface area contributed by atoms with E-state index in [4.69, 9.17) is 15.2 Å². The molecule has 9 heteroatoms. The Kier molecular flexibility index (Phi) is 10.6. The standard InChI is InChI=1S/C37H35N3O5S/c1-3-45-32-22-27(16-19-31(32)44-2)20-21-39-34(41)24-33-36(43)40(30-11-7-10-29(23-30)35(38)42)37(46-33)28-17-14-26(15-18-28)13-12-25-8-5-4-6-9-25/h4-11,14-19,22-23,33,37H,3,20-21,24H2,1-2H3,(H2,38,42)(H,39,41). The summed E-state index contributed by atoms with van der Waals surface area (Å²) in [5.41, 5.74) is 10.0. The topological polar surface area (TPSA) is 111 Å². The zero-order valence-electron chi connectivity index (χ0n) is 25.7. The first-order chi connectivity index (χ1) is 22.4. The van der Waals surface area contributed by atoms with Crippen LogP contribution in [0.1, 0.15) is 51.3 Å². The van der Waals surface area contributed by atoms with E-state index in [0.717, 1.165) is 22.3 Å². The summed E-state index contributed by atoms with van der Waals surface area (Å²) in [6.07, 6.45) is 0.606. The number of ether oxygens (including phenoxy) is 2. The number of primary amides is 1. The quantitative estimate of drug-likeness (QED) is 0.212. The molecule has 8 nitrogen and oxygen atoms in total. The number of hydrogen-bond acceptors (Lipinski definition) is 6. The Bertz CT molecular complexity index is 1770. The number of nitrogens with two attached hydrogens (primary N) is 1. The Morgan fingerprint density at radius 2 is 1.65 bits per heavy atom. The largest absolute Gasteiger partial charge is 0.493 e. The minimum absolute atomic E-state index is 0.0133. The predicted octanol–water partition coefficient (Wildman–Crippen LogP) is 5.49. The Labute approximate surface area is 273 Å². The maximum Gasteiger partial charge on any atom is 0.248 e. The summed E-state index contributed by atoms with van der Waals surface area (Å²) in [6.45, 7) is 2.83. The summed E-state index contributed by atoms with van der Waals surface area (Å²) in [7, 11) is 1.59. The fourth-order valence-corrected chi connectivity index (χ4v) is 6.56. The van der Waals surface area contributed by atoms with Crippen LogP contribution in [0.5, 0.6) is 11.5 Å². The molecule has 5 rings (SSSR count). The van der Waals surface area contributed by atoms with Gasteiger partial charge in [0.15, 0.2) is 11.5 Å². The van der Waals surface area contributed by atoms with Crippen molar-refractivity contribution < 1.29 is 23.9 Å². The van der Waals surface area contributed by atoms with Crippen molar-refractivity contribution in [1.82, 2.24) is 5.32 Å². The molecular weight excluding hydrogens is 598 g/mol. The molecule has 0 radical (unpaired) electrons. The van der Waals surface area contributed by atoms with Gasteiger partial charge in [-0.25, -0.2) is 0 Å². The van der Waals surface area contributed by atoms with E-state index in [2.05, 4.69) is 17.2 Å². The number of rotatable bonds is 11. The Morgan fingerprint density at radius 1 is 0.913 bits per heavy atom. The van der Waals surface area contributed by atoms with E-state index in [-0.39, 0.29) is 18.2 Å². The van der Waals surface area contributed by atoms with Crippen LogP contribution >= 0.6 is 11.8 Å². The Morgan fingerprint density at radius 3 is 2.35 bits per heavy atom. The highest BCUT2D eigenvalue weighted by Gasteiger charge is 2.42. The SMILES string of the molecule is CCOc1cc(CCNC(=O)CC2SC(c3ccc(C#Cc4ccccc4)cc3)N(c3cccc(C(N)=O)c3)C2=O)ccc1OC. The lowest BCUT2D eigenvalue weighted by atomic mass is 10.1. The molecule has 2 atom stereocenters. The van der Waals surface area contributed by atoms with Crippen LogP contribution in [0.3, 0.4) is 0 Å². The second-order valence-electron chi connectivity index (χ2n) is 10.6. The van der Waals surface area contributed by atoms with Gasteiger partial charge >= 0.3 is 0 Å². The highest BCUT2D eigenvalue weighted by molar-refractivity contribution is 8.01. The Hall–Kier alpha value is -5.20. The summed E-state index contributed by atoms with van der Waals surface area (Å²) >= 11 is 1.41. The van der Waals surface area contributed by atoms with E-state index in [1.807, 2.05) is 79.7 Å². The highest BCUT2D eigenvalue weighted by Crippen LogP contribution is 2.46. The first-order valence-corrected chi connectivity index (χ1v) is 15.9. The molecule has 1 aliphatic heterocycles. The molecule has 1 aliphatic rings. The molecule has 4 aromatic rings. The number of carbonyl (C=O) groups is 3. The van der Waals surface area contributed by atoms with Gasteiger partial charge in [-0.2, -0.15) is 0 Å². The summed E-state index contributed by atoms with van der Waals surface area (Å²) in [6, 6.07) is 29.9. The second kappa shape index (κ2) is 15.2. The molecule has 0 bridgehead atoms. The van der Waals surface area contributed by atoms with Gasteiger partial charge in [0.25, 0.3) is 0 Å². The van der Waals surface area contributed by atoms with Crippen LogP contribution < -0.4 is 25.4 Å². The fourth-order valence-electron chi connectivity index (χ4n) is 5.11. The number of benzene rings is 4. The van der Waals surface area contributed by atoms with Crippen LogP contribution in [0.25, 0.3) is 0 Å². The summed E-state index contributed by atoms with van der Waals surface area (Å²) in [5, 5.41) is 1.92. The lowest BCUT2D eigenvalue weighted by molar-refractivity contribution is -0.124. The third-order valence-electron chi connectivity index (χ3n) is 7.40. The molecule has 1 fully saturated rings. The summed E-state index contributed by atoms with van der Waals surface area (Å²) in [4.78, 5) is 40.5. The smallest absolute Gasteiger partial charge is 0.248 e. The van der Waals surface area contributed by atoms with Crippen molar-refractivity contribution in [1.29, 1.82) is 0 Å². The maximum atomic E-state index is 13.8. The summed E-state index contributed by atoms with van der Waals surface area (Å²) in [5.74, 6) is 6.63. The average molecular weight is 634 g/mol. The molecule has 0 saturated carbocycles. The molecule has 234 valence electrons. The Balaban J connectivity index is 1.30. The average Bonchev–Trinajstić information content (AvgIpc) is 3.39. The van der Waals surface area contributed by atoms with Crippen molar-refractivity contribution in [3.8, 4) is 23.3 Å². The zero-order chi connectivity index (χ0) is 32.5. The van der Waals surface area contributed by atoms with Gasteiger partial charge in [0, 0.05) is 35.3 Å². The molecule has 0 spiro atoms. The van der Waals surface area contributed by atoms with Crippen LogP contribution in [0.2, 0.25) is 0 Å². The molecule has 46 heavy (non-hydrogen) atoms. The number of carbonyl (C=O) groups excluding carboxylic acids is 3. The van der Waals surface area contributed by atoms with E-state index in [1.165, 1.54) is 11.8 Å². The second-order valence-corrected chi connectivity index (χ2v) is 11.8. The third-order valence-corrected chi connectivity index (χ3v) is 8.84. The van der Waals surface area contributed by atoms with Crippen molar-refractivity contribution in [2.75, 3.05) is 25.2 Å². The monoisotopic (exact) mass is 633 g/mol. The number of anilines is 1. The van der Waals surface area contributed by atoms with Crippen LogP contribution in [-0.4, -0.2) is 43.2 Å². The van der Waals surface area contributed by atoms with Crippen LogP contribution in [0.4, 0.5) is 5.69 Å². The van der Waals surface area contributed by atoms with E-state index in [9.17, 15) is 14.4 Å². The fraction of sp³-hybridized carbons (Fsp3) is 0.216. The number of amides is 3. The van der Waals surface area contributed by atoms with Crippen molar-refractivity contribution in [2.24, 2.45) is 5.73 Å². The normalized spacial score (nSPS) is 15.5. The molecule has 1 saturated heterocycles. The van der Waals surface area contributed by atoms with Crippen LogP contribution in [0, 0.1) is 11.8 Å². The van der Waals surface area contributed by atoms with Gasteiger partial charge in [-0.1, -0.05) is 54.3 Å². The molecule has 4 aromatic carbocycles. The van der Waals surface area contributed by atoms with Crippen molar-refractivity contribution in [3.63, 3.8) is 0 Å². The first-order valence-electron chi connectivity index (χ1n) is 15.0. The molecule has 2 unspecified atom stereocenters. The number of nitrogens with one attached hydrogen (secondary N) is 1. The lowest BCUT2D eigenvalue weighted by Crippen LogP contribution is -2.34. The van der Waals surface area contributed by atoms with Gasteiger partial charge in [-0.05, 0) is 79.1 Å². The summed E-state index contributed by atoms with van der Waals surface area (Å²) < 4.78 is 11.0. The molecule has 3 amide bonds. The molecule has 0 aromatic heterocycles. The van der Waals surface area contributed by atoms with Gasteiger partial charge < -0.3 is 20.5 Å². The van der Waals surface area contributed by atoms with Crippen molar-refractivity contribution in [2.45, 2.75) is 30.4 Å². The third kappa shape index (κ3) is 7.89. The minimum Gasteiger partial charge on any atom is -0.493 e. The minimum atomic E-state index is -0.620. The van der Waals surface area contributed by atoms with Gasteiger partial charge in [0.1, 0.15) is 5.37 Å². The van der Waals surface area contributed by atoms with Crippen molar-refractivity contribution >= 4 is 35.2 Å². The van der Waals surface area contributed by atoms with E-state index in [1.54, 1.807) is 36.3 Å². The highest BCUT2D eigenvalue weighted by atomic mass is 32.2.